The van der Waals surface area contributed by atoms with Gasteiger partial charge in [0.2, 0.25) is 0 Å². The Morgan fingerprint density at radius 3 is 2.77 bits per heavy atom. The Morgan fingerprint density at radius 1 is 1.27 bits per heavy atom. The molecular weight excluding hydrogens is 326 g/mol. The zero-order chi connectivity index (χ0) is 18.1. The Kier molecular flexibility index (Phi) is 5.18. The molecule has 1 saturated carbocycles. The summed E-state index contributed by atoms with van der Waals surface area (Å²) >= 11 is 0. The first-order chi connectivity index (χ1) is 12.7. The molecular formula is C21H31N3O2. The van der Waals surface area contributed by atoms with Gasteiger partial charge < -0.3 is 10.4 Å². The maximum Gasteiger partial charge on any atom is 0.321 e. The topological polar surface area (TPSA) is 55.8 Å². The standard InChI is InChI=1S/C21H31N3O2/c1-2-11-22-21(26)24-13-18-20(16-9-5-6-10-17(16)24)19(14-25)23(18)12-15-7-3-4-8-15/h5-6,9-10,15,18-20,25H,2-4,7-8,11-14H2,1H3,(H,22,26)/t18-,19-,20+/m1/s1. The highest BCUT2D eigenvalue weighted by Gasteiger charge is 2.53. The lowest BCUT2D eigenvalue weighted by Gasteiger charge is -2.59. The van der Waals surface area contributed by atoms with E-state index in [1.165, 1.54) is 31.2 Å². The number of carbonyl (C=O) groups is 1. The van der Waals surface area contributed by atoms with Crippen molar-refractivity contribution in [1.82, 2.24) is 10.2 Å². The maximum atomic E-state index is 12.7. The summed E-state index contributed by atoms with van der Waals surface area (Å²) in [5.41, 5.74) is 2.23. The third-order valence-corrected chi connectivity index (χ3v) is 6.54. The van der Waals surface area contributed by atoms with Crippen LogP contribution < -0.4 is 10.2 Å². The summed E-state index contributed by atoms with van der Waals surface area (Å²) in [5.74, 6) is 1.09. The molecule has 1 aliphatic carbocycles. The van der Waals surface area contributed by atoms with Gasteiger partial charge in [0.1, 0.15) is 0 Å². The zero-order valence-electron chi connectivity index (χ0n) is 15.7. The summed E-state index contributed by atoms with van der Waals surface area (Å²) in [6, 6.07) is 8.77. The molecule has 0 radical (unpaired) electrons. The van der Waals surface area contributed by atoms with Gasteiger partial charge in [0.05, 0.1) is 6.61 Å². The van der Waals surface area contributed by atoms with E-state index in [4.69, 9.17) is 0 Å². The minimum atomic E-state index is 0.00557. The van der Waals surface area contributed by atoms with Crippen molar-refractivity contribution in [2.75, 3.05) is 31.1 Å². The third-order valence-electron chi connectivity index (χ3n) is 6.54. The van der Waals surface area contributed by atoms with Crippen molar-refractivity contribution in [3.8, 4) is 0 Å². The average Bonchev–Trinajstić information content (AvgIpc) is 3.17. The molecule has 2 aliphatic heterocycles. The first-order valence-electron chi connectivity index (χ1n) is 10.3. The van der Waals surface area contributed by atoms with Crippen molar-refractivity contribution in [3.63, 3.8) is 0 Å². The van der Waals surface area contributed by atoms with E-state index >= 15 is 0 Å². The van der Waals surface area contributed by atoms with Gasteiger partial charge in [-0.1, -0.05) is 38.0 Å². The monoisotopic (exact) mass is 357 g/mol. The fourth-order valence-corrected chi connectivity index (χ4v) is 5.25. The molecule has 2 amide bonds. The van der Waals surface area contributed by atoms with Crippen molar-refractivity contribution in [2.45, 2.75) is 57.0 Å². The van der Waals surface area contributed by atoms with E-state index in [0.717, 1.165) is 31.1 Å². The molecule has 142 valence electrons. The number of fused-ring (bicyclic) bond motifs is 3. The summed E-state index contributed by atoms with van der Waals surface area (Å²) in [6.07, 6.45) is 6.23. The minimum absolute atomic E-state index is 0.00557. The van der Waals surface area contributed by atoms with Gasteiger partial charge in [-0.25, -0.2) is 4.79 Å². The number of anilines is 1. The molecule has 2 fully saturated rings. The van der Waals surface area contributed by atoms with Gasteiger partial charge in [0, 0.05) is 43.3 Å². The van der Waals surface area contributed by atoms with E-state index in [1.54, 1.807) is 0 Å². The van der Waals surface area contributed by atoms with E-state index in [-0.39, 0.29) is 18.7 Å². The summed E-state index contributed by atoms with van der Waals surface area (Å²) in [4.78, 5) is 17.1. The van der Waals surface area contributed by atoms with E-state index in [9.17, 15) is 9.90 Å². The molecule has 1 aromatic carbocycles. The molecule has 1 aromatic rings. The zero-order valence-corrected chi connectivity index (χ0v) is 15.7. The molecule has 0 bridgehead atoms. The Hall–Kier alpha value is -1.59. The first kappa shape index (κ1) is 17.8. The van der Waals surface area contributed by atoms with Crippen molar-refractivity contribution in [2.24, 2.45) is 5.92 Å². The van der Waals surface area contributed by atoms with Crippen molar-refractivity contribution >= 4 is 11.7 Å². The second-order valence-corrected chi connectivity index (χ2v) is 8.09. The summed E-state index contributed by atoms with van der Waals surface area (Å²) in [6.45, 7) is 4.77. The Balaban J connectivity index is 1.58. The second kappa shape index (κ2) is 7.57. The molecule has 1 saturated heterocycles. The number of rotatable bonds is 5. The van der Waals surface area contributed by atoms with Crippen molar-refractivity contribution < 1.29 is 9.90 Å². The van der Waals surface area contributed by atoms with Crippen molar-refractivity contribution in [3.05, 3.63) is 29.8 Å². The number of benzene rings is 1. The summed E-state index contributed by atoms with van der Waals surface area (Å²) in [5, 5.41) is 13.1. The number of hydrogen-bond acceptors (Lipinski definition) is 3. The molecule has 2 heterocycles. The molecule has 3 aliphatic rings. The predicted molar refractivity (Wildman–Crippen MR) is 104 cm³/mol. The van der Waals surface area contributed by atoms with E-state index in [0.29, 0.717) is 18.5 Å². The molecule has 3 atom stereocenters. The van der Waals surface area contributed by atoms with Crippen LogP contribution in [0.2, 0.25) is 0 Å². The van der Waals surface area contributed by atoms with E-state index in [2.05, 4.69) is 29.3 Å². The molecule has 26 heavy (non-hydrogen) atoms. The number of hydrogen-bond donors (Lipinski definition) is 2. The SMILES string of the molecule is CCCNC(=O)N1C[C@@H]2[C@H](c3ccccc31)[C@@H](CO)N2CC1CCCC1. The smallest absolute Gasteiger partial charge is 0.321 e. The third kappa shape index (κ3) is 3.01. The number of urea groups is 1. The minimum Gasteiger partial charge on any atom is -0.395 e. The number of likely N-dealkylation sites (tertiary alicyclic amines) is 1. The van der Waals surface area contributed by atoms with Crippen LogP contribution >= 0.6 is 0 Å². The first-order valence-corrected chi connectivity index (χ1v) is 10.3. The van der Waals surface area contributed by atoms with Gasteiger partial charge in [0.25, 0.3) is 0 Å². The normalized spacial score (nSPS) is 28.4. The van der Waals surface area contributed by atoms with Crippen LogP contribution in [0, 0.1) is 5.92 Å². The van der Waals surface area contributed by atoms with E-state index < -0.39 is 0 Å². The van der Waals surface area contributed by atoms with Gasteiger partial charge in [-0.05, 0) is 36.8 Å². The molecule has 0 unspecified atom stereocenters. The van der Waals surface area contributed by atoms with Crippen LogP contribution in [0.3, 0.4) is 0 Å². The lowest BCUT2D eigenvalue weighted by molar-refractivity contribution is -0.0510. The Bertz CT molecular complexity index is 644. The molecule has 0 aromatic heterocycles. The Labute approximate surface area is 156 Å². The number of aliphatic hydroxyl groups is 1. The number of carbonyl (C=O) groups excluding carboxylic acids is 1. The number of para-hydroxylation sites is 1. The molecule has 4 rings (SSSR count). The number of nitrogens with one attached hydrogen (secondary N) is 1. The maximum absolute atomic E-state index is 12.7. The molecule has 2 N–H and O–H groups in total. The highest BCUT2D eigenvalue weighted by Crippen LogP contribution is 2.48. The lowest BCUT2D eigenvalue weighted by atomic mass is 9.71. The van der Waals surface area contributed by atoms with Crippen LogP contribution in [-0.4, -0.2) is 54.4 Å². The van der Waals surface area contributed by atoms with Crippen LogP contribution in [0.1, 0.15) is 50.5 Å². The van der Waals surface area contributed by atoms with Crippen LogP contribution in [0.5, 0.6) is 0 Å². The predicted octanol–water partition coefficient (Wildman–Crippen LogP) is 2.95. The number of aliphatic hydroxyl groups excluding tert-OH is 1. The highest BCUT2D eigenvalue weighted by atomic mass is 16.3. The molecule has 5 heteroatoms. The van der Waals surface area contributed by atoms with Crippen LogP contribution in [0.4, 0.5) is 10.5 Å². The highest BCUT2D eigenvalue weighted by molar-refractivity contribution is 5.94. The lowest BCUT2D eigenvalue weighted by Crippen LogP contribution is -2.70. The summed E-state index contributed by atoms with van der Waals surface area (Å²) < 4.78 is 0. The van der Waals surface area contributed by atoms with Crippen LogP contribution in [0.25, 0.3) is 0 Å². The Morgan fingerprint density at radius 2 is 2.04 bits per heavy atom. The van der Waals surface area contributed by atoms with E-state index in [1.807, 2.05) is 17.0 Å². The largest absolute Gasteiger partial charge is 0.395 e. The van der Waals surface area contributed by atoms with Crippen molar-refractivity contribution in [1.29, 1.82) is 0 Å². The van der Waals surface area contributed by atoms with Gasteiger partial charge >= 0.3 is 6.03 Å². The molecule has 5 nitrogen and oxygen atoms in total. The molecule has 0 spiro atoms. The number of nitrogens with zero attached hydrogens (tertiary/aromatic N) is 2. The van der Waals surface area contributed by atoms with Gasteiger partial charge in [-0.3, -0.25) is 9.80 Å². The number of amides is 2. The van der Waals surface area contributed by atoms with Gasteiger partial charge in [0.15, 0.2) is 0 Å². The van der Waals surface area contributed by atoms with Crippen LogP contribution in [0.15, 0.2) is 24.3 Å². The van der Waals surface area contributed by atoms with Gasteiger partial charge in [-0.15, -0.1) is 0 Å². The quantitative estimate of drug-likeness (QED) is 0.852. The second-order valence-electron chi connectivity index (χ2n) is 8.09. The fourth-order valence-electron chi connectivity index (χ4n) is 5.25. The van der Waals surface area contributed by atoms with Crippen LogP contribution in [-0.2, 0) is 0 Å². The van der Waals surface area contributed by atoms with Gasteiger partial charge in [-0.2, -0.15) is 0 Å². The fraction of sp³-hybridized carbons (Fsp3) is 0.667. The average molecular weight is 357 g/mol. The summed E-state index contributed by atoms with van der Waals surface area (Å²) in [7, 11) is 0.